The van der Waals surface area contributed by atoms with Crippen molar-refractivity contribution in [3.05, 3.63) is 35.9 Å². The zero-order valence-corrected chi connectivity index (χ0v) is 25.7. The van der Waals surface area contributed by atoms with E-state index in [1.807, 2.05) is 45.9 Å². The molecule has 0 unspecified atom stereocenters. The molecule has 41 heavy (non-hydrogen) atoms. The Kier molecular flexibility index (Phi) is 13.2. The van der Waals surface area contributed by atoms with Gasteiger partial charge in [-0.1, -0.05) is 71.4 Å². The molecule has 1 aliphatic rings. The highest BCUT2D eigenvalue weighted by molar-refractivity contribution is 5.82. The topological polar surface area (TPSA) is 156 Å². The number of carbonyl (C=O) groups excluding carboxylic acids is 3. The van der Waals surface area contributed by atoms with Gasteiger partial charge in [-0.2, -0.15) is 0 Å². The number of likely N-dealkylation sites (N-methyl/N-ethyl adjacent to an activating group) is 1. The minimum Gasteiger partial charge on any atom is -0.390 e. The van der Waals surface area contributed by atoms with Crippen LogP contribution in [0.5, 0.6) is 0 Å². The Balaban J connectivity index is 2.07. The van der Waals surface area contributed by atoms with Crippen LogP contribution in [-0.2, 0) is 14.4 Å². The molecule has 0 radical (unpaired) electrons. The van der Waals surface area contributed by atoms with Gasteiger partial charge >= 0.3 is 0 Å². The summed E-state index contributed by atoms with van der Waals surface area (Å²) in [7, 11) is 1.62. The lowest BCUT2D eigenvalue weighted by Crippen LogP contribution is -2.55. The maximum Gasteiger partial charge on any atom is 0.239 e. The fraction of sp³-hybridized carbons (Fsp3) is 0.710. The third-order valence-electron chi connectivity index (χ3n) is 8.73. The Morgan fingerprint density at radius 1 is 1.07 bits per heavy atom. The summed E-state index contributed by atoms with van der Waals surface area (Å²) in [6.07, 6.45) is -1.48. The number of aliphatic hydroxyl groups excluding tert-OH is 3. The van der Waals surface area contributed by atoms with Crippen LogP contribution >= 0.6 is 0 Å². The van der Waals surface area contributed by atoms with Crippen LogP contribution in [0, 0.1) is 17.8 Å². The maximum atomic E-state index is 13.4. The van der Waals surface area contributed by atoms with Crippen molar-refractivity contribution < 1.29 is 29.7 Å². The Labute approximate surface area is 245 Å². The lowest BCUT2D eigenvalue weighted by atomic mass is 9.89. The molecule has 10 nitrogen and oxygen atoms in total. The number of nitrogens with one attached hydrogen (secondary N) is 1. The zero-order valence-electron chi connectivity index (χ0n) is 25.7. The molecular formula is C31H52N4O6. The first-order valence-corrected chi connectivity index (χ1v) is 14.9. The summed E-state index contributed by atoms with van der Waals surface area (Å²) in [5.41, 5.74) is 6.77. The molecule has 10 heteroatoms. The van der Waals surface area contributed by atoms with Crippen molar-refractivity contribution in [3.8, 4) is 0 Å². The molecule has 3 amide bonds. The highest BCUT2D eigenvalue weighted by Gasteiger charge is 2.41. The van der Waals surface area contributed by atoms with Crippen molar-refractivity contribution in [3.63, 3.8) is 0 Å². The van der Waals surface area contributed by atoms with E-state index in [4.69, 9.17) is 5.73 Å². The molecule has 0 bridgehead atoms. The monoisotopic (exact) mass is 576 g/mol. The lowest BCUT2D eigenvalue weighted by Gasteiger charge is -2.38. The first-order valence-electron chi connectivity index (χ1n) is 14.9. The predicted molar refractivity (Wildman–Crippen MR) is 158 cm³/mol. The summed E-state index contributed by atoms with van der Waals surface area (Å²) in [5, 5.41) is 35.8. The van der Waals surface area contributed by atoms with E-state index >= 15 is 0 Å². The van der Waals surface area contributed by atoms with Crippen molar-refractivity contribution in [2.24, 2.45) is 23.5 Å². The van der Waals surface area contributed by atoms with Gasteiger partial charge in [0, 0.05) is 13.6 Å². The number of benzene rings is 1. The standard InChI is InChI=1S/C31H52N4O6/c1-8-19(4)27(34(7)31(41)26(32)18(2)3)24(36)17-25(37)35-16-12-15-23(35)28(38)20(5)30(40)33-21(6)29(39)22-13-10-9-11-14-22/h9-11,13-14,18-21,23-24,26-29,36,38-39H,8,12,15-17,32H2,1-7H3,(H,33,40)/t19-,20+,21+,23-,24+,26-,27-,28+,29+/m0/s1. The lowest BCUT2D eigenvalue weighted by molar-refractivity contribution is -0.144. The van der Waals surface area contributed by atoms with Gasteiger partial charge in [-0.15, -0.1) is 0 Å². The van der Waals surface area contributed by atoms with Crippen LogP contribution in [0.15, 0.2) is 30.3 Å². The zero-order chi connectivity index (χ0) is 31.0. The SMILES string of the molecule is CC[C@H](C)[C@@H]([C@H](O)CC(=O)N1CCC[C@H]1[C@H](O)[C@@H](C)C(=O)N[C@H](C)[C@@H](O)c1ccccc1)N(C)C(=O)[C@@H](N)C(C)C. The number of carbonyl (C=O) groups is 3. The van der Waals surface area contributed by atoms with Gasteiger partial charge in [0.15, 0.2) is 0 Å². The molecule has 0 spiro atoms. The van der Waals surface area contributed by atoms with Crippen LogP contribution in [-0.4, -0.2) is 92.8 Å². The predicted octanol–water partition coefficient (Wildman–Crippen LogP) is 1.82. The van der Waals surface area contributed by atoms with E-state index in [2.05, 4.69) is 5.32 Å². The number of nitrogens with zero attached hydrogens (tertiary/aromatic N) is 2. The van der Waals surface area contributed by atoms with Gasteiger partial charge in [0.2, 0.25) is 17.7 Å². The van der Waals surface area contributed by atoms with Crippen LogP contribution in [0.1, 0.15) is 78.9 Å². The summed E-state index contributed by atoms with van der Waals surface area (Å²) >= 11 is 0. The largest absolute Gasteiger partial charge is 0.390 e. The Hall–Kier alpha value is -2.53. The number of rotatable bonds is 14. The highest BCUT2D eigenvalue weighted by Crippen LogP contribution is 2.28. The summed E-state index contributed by atoms with van der Waals surface area (Å²) in [6, 6.07) is 6.54. The molecule has 1 saturated heterocycles. The number of aliphatic hydroxyl groups is 3. The smallest absolute Gasteiger partial charge is 0.239 e. The summed E-state index contributed by atoms with van der Waals surface area (Å²) < 4.78 is 0. The summed E-state index contributed by atoms with van der Waals surface area (Å²) in [6.45, 7) is 11.3. The van der Waals surface area contributed by atoms with Gasteiger partial charge in [0.1, 0.15) is 0 Å². The van der Waals surface area contributed by atoms with Crippen molar-refractivity contribution in [2.45, 2.75) is 110 Å². The third-order valence-corrected chi connectivity index (χ3v) is 8.73. The van der Waals surface area contributed by atoms with E-state index in [9.17, 15) is 29.7 Å². The second-order valence-corrected chi connectivity index (χ2v) is 12.1. The van der Waals surface area contributed by atoms with E-state index in [1.54, 1.807) is 37.9 Å². The van der Waals surface area contributed by atoms with Gasteiger partial charge in [-0.05, 0) is 37.2 Å². The first kappa shape index (κ1) is 34.7. The second kappa shape index (κ2) is 15.6. The Bertz CT molecular complexity index is 992. The highest BCUT2D eigenvalue weighted by atomic mass is 16.3. The average Bonchev–Trinajstić information content (AvgIpc) is 3.45. The molecule has 0 aliphatic carbocycles. The van der Waals surface area contributed by atoms with Gasteiger partial charge < -0.3 is 36.2 Å². The Morgan fingerprint density at radius 3 is 2.24 bits per heavy atom. The van der Waals surface area contributed by atoms with Gasteiger partial charge in [0.05, 0.1) is 54.8 Å². The summed E-state index contributed by atoms with van der Waals surface area (Å²) in [5.74, 6) is -2.02. The van der Waals surface area contributed by atoms with E-state index < -0.39 is 54.3 Å². The van der Waals surface area contributed by atoms with Crippen LogP contribution in [0.25, 0.3) is 0 Å². The molecule has 1 aliphatic heterocycles. The molecule has 1 heterocycles. The number of likely N-dealkylation sites (tertiary alicyclic amines) is 1. The van der Waals surface area contributed by atoms with Crippen LogP contribution < -0.4 is 11.1 Å². The van der Waals surface area contributed by atoms with Crippen LogP contribution in [0.4, 0.5) is 0 Å². The normalized spacial score (nSPS) is 21.4. The molecule has 6 N–H and O–H groups in total. The number of amides is 3. The number of hydrogen-bond acceptors (Lipinski definition) is 7. The molecule has 0 saturated carbocycles. The minimum atomic E-state index is -1.13. The third kappa shape index (κ3) is 8.73. The Morgan fingerprint density at radius 2 is 1.68 bits per heavy atom. The van der Waals surface area contributed by atoms with Crippen molar-refractivity contribution in [1.82, 2.24) is 15.1 Å². The van der Waals surface area contributed by atoms with E-state index in [0.29, 0.717) is 31.4 Å². The molecule has 1 aromatic carbocycles. The van der Waals surface area contributed by atoms with Gasteiger partial charge in [0.25, 0.3) is 0 Å². The van der Waals surface area contributed by atoms with Crippen molar-refractivity contribution in [1.29, 1.82) is 0 Å². The second-order valence-electron chi connectivity index (χ2n) is 12.1. The number of nitrogens with two attached hydrogens (primary N) is 1. The maximum absolute atomic E-state index is 13.4. The molecule has 2 rings (SSSR count). The van der Waals surface area contributed by atoms with Crippen LogP contribution in [0.3, 0.4) is 0 Å². The van der Waals surface area contributed by atoms with Crippen molar-refractivity contribution in [2.75, 3.05) is 13.6 Å². The molecular weight excluding hydrogens is 524 g/mol. The molecule has 0 aromatic heterocycles. The fourth-order valence-electron chi connectivity index (χ4n) is 5.66. The number of hydrogen-bond donors (Lipinski definition) is 5. The van der Waals surface area contributed by atoms with Gasteiger partial charge in [-0.3, -0.25) is 14.4 Å². The van der Waals surface area contributed by atoms with E-state index in [0.717, 1.165) is 0 Å². The quantitative estimate of drug-likeness (QED) is 0.226. The molecule has 1 aromatic rings. The van der Waals surface area contributed by atoms with E-state index in [1.165, 1.54) is 4.90 Å². The van der Waals surface area contributed by atoms with E-state index in [-0.39, 0.29) is 30.1 Å². The molecule has 232 valence electrons. The van der Waals surface area contributed by atoms with Crippen LogP contribution in [0.2, 0.25) is 0 Å². The van der Waals surface area contributed by atoms with Crippen molar-refractivity contribution >= 4 is 17.7 Å². The van der Waals surface area contributed by atoms with Gasteiger partial charge in [-0.25, -0.2) is 0 Å². The fourth-order valence-corrected chi connectivity index (χ4v) is 5.66. The molecule has 9 atom stereocenters. The molecule has 1 fully saturated rings. The first-order chi connectivity index (χ1) is 19.2. The average molecular weight is 577 g/mol. The summed E-state index contributed by atoms with van der Waals surface area (Å²) in [4.78, 5) is 42.4. The minimum absolute atomic E-state index is 0.0723.